The van der Waals surface area contributed by atoms with E-state index in [-0.39, 0.29) is 12.4 Å². The Bertz CT molecular complexity index is 921. The molecule has 2 heterocycles. The zero-order valence-corrected chi connectivity index (χ0v) is 15.4. The van der Waals surface area contributed by atoms with Gasteiger partial charge in [-0.05, 0) is 13.0 Å². The average Bonchev–Trinajstić information content (AvgIpc) is 3.06. The molecule has 0 spiro atoms. The van der Waals surface area contributed by atoms with Crippen molar-refractivity contribution in [2.24, 2.45) is 12.0 Å². The van der Waals surface area contributed by atoms with Gasteiger partial charge in [-0.3, -0.25) is 4.68 Å². The van der Waals surface area contributed by atoms with Crippen LogP contribution in [0.1, 0.15) is 12.5 Å². The zero-order chi connectivity index (χ0) is 19.1. The fourth-order valence-electron chi connectivity index (χ4n) is 2.60. The molecule has 0 aliphatic heterocycles. The maximum Gasteiger partial charge on any atom is 0.191 e. The Balaban J connectivity index is 1.55. The highest BCUT2D eigenvalue weighted by Crippen LogP contribution is 2.17. The van der Waals surface area contributed by atoms with Crippen molar-refractivity contribution in [2.75, 3.05) is 25.0 Å². The number of nitrogens with zero attached hydrogens (tertiary/aromatic N) is 5. The third-order valence-corrected chi connectivity index (χ3v) is 3.95. The molecule has 0 saturated carbocycles. The van der Waals surface area contributed by atoms with Crippen LogP contribution in [0.4, 0.5) is 10.2 Å². The average molecular weight is 370 g/mol. The van der Waals surface area contributed by atoms with Crippen LogP contribution in [0.2, 0.25) is 0 Å². The SMILES string of the molecule is CCNC(=NCc1ccccc1F)NCCNc1ncnc2c1cnn2C. The zero-order valence-electron chi connectivity index (χ0n) is 15.4. The fraction of sp³-hybridized carbons (Fsp3) is 0.333. The van der Waals surface area contributed by atoms with Crippen LogP contribution in [-0.4, -0.2) is 45.3 Å². The van der Waals surface area contributed by atoms with E-state index in [1.807, 2.05) is 14.0 Å². The van der Waals surface area contributed by atoms with Crippen LogP contribution < -0.4 is 16.0 Å². The first-order valence-corrected chi connectivity index (χ1v) is 8.81. The van der Waals surface area contributed by atoms with E-state index in [2.05, 4.69) is 36.0 Å². The summed E-state index contributed by atoms with van der Waals surface area (Å²) in [6, 6.07) is 6.65. The molecule has 3 N–H and O–H groups in total. The Morgan fingerprint density at radius 1 is 1.19 bits per heavy atom. The second-order valence-electron chi connectivity index (χ2n) is 5.87. The van der Waals surface area contributed by atoms with Crippen molar-refractivity contribution in [3.63, 3.8) is 0 Å². The second-order valence-corrected chi connectivity index (χ2v) is 5.87. The van der Waals surface area contributed by atoms with Gasteiger partial charge in [-0.15, -0.1) is 0 Å². The molecule has 3 rings (SSSR count). The molecule has 0 aliphatic rings. The van der Waals surface area contributed by atoms with Gasteiger partial charge >= 0.3 is 0 Å². The molecule has 0 bridgehead atoms. The van der Waals surface area contributed by atoms with Gasteiger partial charge < -0.3 is 16.0 Å². The van der Waals surface area contributed by atoms with Gasteiger partial charge in [0.15, 0.2) is 11.6 Å². The fourth-order valence-corrected chi connectivity index (χ4v) is 2.60. The predicted molar refractivity (Wildman–Crippen MR) is 104 cm³/mol. The number of fused-ring (bicyclic) bond motifs is 1. The Morgan fingerprint density at radius 3 is 2.85 bits per heavy atom. The molecule has 27 heavy (non-hydrogen) atoms. The van der Waals surface area contributed by atoms with Gasteiger partial charge in [0.2, 0.25) is 0 Å². The van der Waals surface area contributed by atoms with Crippen LogP contribution in [0, 0.1) is 5.82 Å². The number of aromatic nitrogens is 4. The summed E-state index contributed by atoms with van der Waals surface area (Å²) in [5.41, 5.74) is 1.34. The number of halogens is 1. The molecular weight excluding hydrogens is 347 g/mol. The monoisotopic (exact) mass is 370 g/mol. The normalized spacial score (nSPS) is 11.6. The van der Waals surface area contributed by atoms with Crippen LogP contribution in [0.25, 0.3) is 11.0 Å². The first-order valence-electron chi connectivity index (χ1n) is 8.81. The summed E-state index contributed by atoms with van der Waals surface area (Å²) in [5, 5.41) is 14.7. The molecule has 0 fully saturated rings. The summed E-state index contributed by atoms with van der Waals surface area (Å²) in [7, 11) is 1.84. The lowest BCUT2D eigenvalue weighted by Crippen LogP contribution is -2.39. The smallest absolute Gasteiger partial charge is 0.191 e. The molecule has 0 unspecified atom stereocenters. The van der Waals surface area contributed by atoms with Crippen LogP contribution in [-0.2, 0) is 13.6 Å². The Hall–Kier alpha value is -3.23. The summed E-state index contributed by atoms with van der Waals surface area (Å²) in [5.74, 6) is 1.13. The molecular formula is C18H23FN8. The molecule has 2 aromatic heterocycles. The molecule has 8 nitrogen and oxygen atoms in total. The van der Waals surface area contributed by atoms with Crippen molar-refractivity contribution in [2.45, 2.75) is 13.5 Å². The van der Waals surface area contributed by atoms with Gasteiger partial charge in [0.1, 0.15) is 18.0 Å². The first-order chi connectivity index (χ1) is 13.2. The Labute approximate surface area is 156 Å². The van der Waals surface area contributed by atoms with E-state index in [9.17, 15) is 4.39 Å². The van der Waals surface area contributed by atoms with Crippen LogP contribution in [0.15, 0.2) is 41.8 Å². The number of hydrogen-bond acceptors (Lipinski definition) is 5. The minimum atomic E-state index is -0.247. The lowest BCUT2D eigenvalue weighted by atomic mass is 10.2. The van der Waals surface area contributed by atoms with Crippen LogP contribution in [0.3, 0.4) is 0 Å². The summed E-state index contributed by atoms with van der Waals surface area (Å²) < 4.78 is 15.4. The molecule has 3 aromatic rings. The van der Waals surface area contributed by atoms with Gasteiger partial charge in [-0.2, -0.15) is 5.10 Å². The number of hydrogen-bond donors (Lipinski definition) is 3. The van der Waals surface area contributed by atoms with Crippen molar-refractivity contribution in [1.82, 2.24) is 30.4 Å². The number of nitrogens with one attached hydrogen (secondary N) is 3. The predicted octanol–water partition coefficient (Wildman–Crippen LogP) is 1.67. The molecule has 0 aliphatic carbocycles. The molecule has 0 amide bonds. The van der Waals surface area contributed by atoms with E-state index >= 15 is 0 Å². The highest BCUT2D eigenvalue weighted by molar-refractivity contribution is 5.86. The molecule has 1 aromatic carbocycles. The maximum absolute atomic E-state index is 13.7. The molecule has 0 atom stereocenters. The lowest BCUT2D eigenvalue weighted by Gasteiger charge is -2.12. The van der Waals surface area contributed by atoms with Crippen molar-refractivity contribution in [1.29, 1.82) is 0 Å². The van der Waals surface area contributed by atoms with E-state index in [4.69, 9.17) is 0 Å². The van der Waals surface area contributed by atoms with E-state index in [0.717, 1.165) is 23.4 Å². The Morgan fingerprint density at radius 2 is 2.04 bits per heavy atom. The van der Waals surface area contributed by atoms with Gasteiger partial charge in [0.05, 0.1) is 18.1 Å². The summed E-state index contributed by atoms with van der Waals surface area (Å²) >= 11 is 0. The molecule has 9 heteroatoms. The van der Waals surface area contributed by atoms with Crippen molar-refractivity contribution < 1.29 is 4.39 Å². The highest BCUT2D eigenvalue weighted by atomic mass is 19.1. The molecule has 142 valence electrons. The molecule has 0 radical (unpaired) electrons. The van der Waals surface area contributed by atoms with Crippen molar-refractivity contribution >= 4 is 22.8 Å². The summed E-state index contributed by atoms with van der Waals surface area (Å²) in [6.45, 7) is 4.23. The highest BCUT2D eigenvalue weighted by Gasteiger charge is 2.07. The second kappa shape index (κ2) is 8.93. The van der Waals surface area contributed by atoms with Gasteiger partial charge in [0.25, 0.3) is 0 Å². The van der Waals surface area contributed by atoms with Crippen LogP contribution in [0.5, 0.6) is 0 Å². The lowest BCUT2D eigenvalue weighted by molar-refractivity contribution is 0.610. The quantitative estimate of drug-likeness (QED) is 0.333. The maximum atomic E-state index is 13.7. The third kappa shape index (κ3) is 4.69. The van der Waals surface area contributed by atoms with E-state index < -0.39 is 0 Å². The number of aliphatic imine (C=N–C) groups is 1. The number of benzene rings is 1. The Kier molecular flexibility index (Phi) is 6.14. The number of anilines is 1. The van der Waals surface area contributed by atoms with Gasteiger partial charge in [-0.25, -0.2) is 19.4 Å². The third-order valence-electron chi connectivity index (χ3n) is 3.95. The minimum absolute atomic E-state index is 0.247. The van der Waals surface area contributed by atoms with Crippen molar-refractivity contribution in [3.8, 4) is 0 Å². The molecule has 0 saturated heterocycles. The van der Waals surface area contributed by atoms with Gasteiger partial charge in [-0.1, -0.05) is 18.2 Å². The summed E-state index contributed by atoms with van der Waals surface area (Å²) in [4.78, 5) is 12.9. The minimum Gasteiger partial charge on any atom is -0.368 e. The number of guanidine groups is 1. The topological polar surface area (TPSA) is 92.1 Å². The van der Waals surface area contributed by atoms with Crippen LogP contribution >= 0.6 is 0 Å². The summed E-state index contributed by atoms with van der Waals surface area (Å²) in [6.07, 6.45) is 3.25. The number of rotatable bonds is 7. The van der Waals surface area contributed by atoms with E-state index in [1.54, 1.807) is 29.1 Å². The van der Waals surface area contributed by atoms with Crippen molar-refractivity contribution in [3.05, 3.63) is 48.2 Å². The largest absolute Gasteiger partial charge is 0.368 e. The van der Waals surface area contributed by atoms with E-state index in [0.29, 0.717) is 24.6 Å². The first kappa shape index (κ1) is 18.6. The number of aryl methyl sites for hydroxylation is 1. The van der Waals surface area contributed by atoms with Gasteiger partial charge in [0, 0.05) is 32.2 Å². The standard InChI is InChI=1S/C18H23FN8/c1-3-20-18(23-10-13-6-4-5-7-15(13)19)22-9-8-21-16-14-11-26-27(2)17(14)25-12-24-16/h4-7,11-12H,3,8-10H2,1-2H3,(H2,20,22,23)(H,21,24,25). The van der Waals surface area contributed by atoms with E-state index in [1.165, 1.54) is 12.4 Å².